The number of amides is 1. The van der Waals surface area contributed by atoms with E-state index in [0.29, 0.717) is 17.2 Å². The highest BCUT2D eigenvalue weighted by molar-refractivity contribution is 7.91. The molecule has 38 heavy (non-hydrogen) atoms. The van der Waals surface area contributed by atoms with Gasteiger partial charge in [-0.3, -0.25) is 5.32 Å². The molecular weight excluding hydrogens is 504 g/mol. The minimum Gasteiger partial charge on any atom is -0.447 e. The first-order valence-electron chi connectivity index (χ1n) is 12.7. The van der Waals surface area contributed by atoms with Crippen molar-refractivity contribution in [2.24, 2.45) is 7.05 Å². The lowest BCUT2D eigenvalue weighted by atomic mass is 9.92. The Kier molecular flexibility index (Phi) is 6.87. The Labute approximate surface area is 221 Å². The van der Waals surface area contributed by atoms with Gasteiger partial charge in [-0.2, -0.15) is 0 Å². The van der Waals surface area contributed by atoms with Crippen LogP contribution in [0, 0.1) is 0 Å². The summed E-state index contributed by atoms with van der Waals surface area (Å²) in [5, 5.41) is 11.4. The molecule has 1 fully saturated rings. The summed E-state index contributed by atoms with van der Waals surface area (Å²) in [5.41, 5.74) is 10.5. The van der Waals surface area contributed by atoms with Gasteiger partial charge < -0.3 is 19.6 Å². The largest absolute Gasteiger partial charge is 0.447 e. The number of nitrogens with zero attached hydrogens (tertiary/aromatic N) is 4. The molecule has 11 heteroatoms. The summed E-state index contributed by atoms with van der Waals surface area (Å²) in [4.78, 5) is 12.2. The number of aromatic nitrogens is 4. The number of fused-ring (bicyclic) bond motifs is 1. The quantitative estimate of drug-likeness (QED) is 0.333. The molecule has 1 saturated carbocycles. The van der Waals surface area contributed by atoms with Crippen molar-refractivity contribution >= 4 is 38.2 Å². The summed E-state index contributed by atoms with van der Waals surface area (Å²) in [6.07, 6.45) is 4.22. The molecule has 0 atom stereocenters. The van der Waals surface area contributed by atoms with Crippen molar-refractivity contribution in [3.05, 3.63) is 54.6 Å². The van der Waals surface area contributed by atoms with Gasteiger partial charge in [-0.25, -0.2) is 13.2 Å². The summed E-state index contributed by atoms with van der Waals surface area (Å²) < 4.78 is 35.6. The first kappa shape index (κ1) is 25.8. The maximum absolute atomic E-state index is 13.3. The number of rotatable bonds is 8. The van der Waals surface area contributed by atoms with Gasteiger partial charge in [0.2, 0.25) is 0 Å². The van der Waals surface area contributed by atoms with Crippen molar-refractivity contribution < 1.29 is 17.9 Å². The predicted molar refractivity (Wildman–Crippen MR) is 147 cm³/mol. The van der Waals surface area contributed by atoms with E-state index in [1.807, 2.05) is 24.3 Å². The van der Waals surface area contributed by atoms with E-state index in [1.54, 1.807) is 50.0 Å². The molecule has 0 bridgehead atoms. The van der Waals surface area contributed by atoms with E-state index in [-0.39, 0.29) is 29.2 Å². The Hall–Kier alpha value is -3.86. The predicted octanol–water partition coefficient (Wildman–Crippen LogP) is 4.72. The second kappa shape index (κ2) is 10.1. The Morgan fingerprint density at radius 3 is 2.53 bits per heavy atom. The molecule has 0 spiro atoms. The van der Waals surface area contributed by atoms with Gasteiger partial charge in [-0.1, -0.05) is 12.1 Å². The number of nitrogens with one attached hydrogen (secondary N) is 1. The van der Waals surface area contributed by atoms with Gasteiger partial charge in [0.15, 0.2) is 9.84 Å². The fraction of sp³-hybridized carbons (Fsp3) is 0.370. The minimum atomic E-state index is -3.56. The topological polar surface area (TPSA) is 134 Å². The monoisotopic (exact) mass is 536 g/mol. The molecule has 0 unspecified atom stereocenters. The Morgan fingerprint density at radius 2 is 1.92 bits per heavy atom. The first-order valence-corrected chi connectivity index (χ1v) is 14.4. The lowest BCUT2D eigenvalue weighted by molar-refractivity contribution is 0.130. The van der Waals surface area contributed by atoms with Crippen molar-refractivity contribution in [1.29, 1.82) is 0 Å². The summed E-state index contributed by atoms with van der Waals surface area (Å²) in [6, 6.07) is 12.8. The van der Waals surface area contributed by atoms with E-state index in [4.69, 9.17) is 10.5 Å². The molecule has 0 radical (unpaired) electrons. The number of sulfone groups is 1. The third kappa shape index (κ3) is 4.98. The van der Waals surface area contributed by atoms with Crippen LogP contribution in [-0.2, 0) is 28.0 Å². The lowest BCUT2D eigenvalue weighted by Crippen LogP contribution is -2.18. The molecule has 2 aromatic heterocycles. The van der Waals surface area contributed by atoms with Crippen molar-refractivity contribution in [2.75, 3.05) is 16.8 Å². The Morgan fingerprint density at radius 1 is 1.18 bits per heavy atom. The average Bonchev–Trinajstić information content (AvgIpc) is 3.37. The van der Waals surface area contributed by atoms with Crippen LogP contribution in [0.4, 0.5) is 16.2 Å². The van der Waals surface area contributed by atoms with Crippen LogP contribution >= 0.6 is 0 Å². The standard InChI is InChI=1S/C27H32N6O4S/c1-17(2)37-27(34)30-19-9-7-18(8-10-19)26-25(28)22-12-11-21(15-23(22)33(26)20-5-4-6-20)38(35,36)14-13-24-31-29-16-32(24)3/h7-12,15-17,20H,4-6,13-14,28H2,1-3H3,(H,30,34). The number of nitrogen functional groups attached to an aromatic ring is 1. The summed E-state index contributed by atoms with van der Waals surface area (Å²) >= 11 is 0. The van der Waals surface area contributed by atoms with Crippen LogP contribution in [0.15, 0.2) is 53.7 Å². The molecule has 2 heterocycles. The van der Waals surface area contributed by atoms with Gasteiger partial charge in [0.05, 0.1) is 33.7 Å². The summed E-state index contributed by atoms with van der Waals surface area (Å²) in [7, 11) is -1.76. The van der Waals surface area contributed by atoms with Crippen molar-refractivity contribution in [2.45, 2.75) is 56.6 Å². The zero-order valence-corrected chi connectivity index (χ0v) is 22.5. The second-order valence-electron chi connectivity index (χ2n) is 9.98. The molecule has 2 aromatic carbocycles. The number of aryl methyl sites for hydroxylation is 2. The van der Waals surface area contributed by atoms with E-state index in [1.165, 1.54) is 0 Å². The van der Waals surface area contributed by atoms with Crippen LogP contribution in [0.5, 0.6) is 0 Å². The van der Waals surface area contributed by atoms with E-state index >= 15 is 0 Å². The number of anilines is 2. The molecule has 5 rings (SSSR count). The van der Waals surface area contributed by atoms with Gasteiger partial charge in [0.25, 0.3) is 0 Å². The normalized spacial score (nSPS) is 14.1. The molecule has 200 valence electrons. The van der Waals surface area contributed by atoms with Gasteiger partial charge >= 0.3 is 6.09 Å². The fourth-order valence-corrected chi connectivity index (χ4v) is 6.03. The minimum absolute atomic E-state index is 0.0643. The van der Waals surface area contributed by atoms with E-state index in [2.05, 4.69) is 20.1 Å². The Balaban J connectivity index is 1.50. The summed E-state index contributed by atoms with van der Waals surface area (Å²) in [6.45, 7) is 3.58. The number of carbonyl (C=O) groups excluding carboxylic acids is 1. The highest BCUT2D eigenvalue weighted by Crippen LogP contribution is 2.44. The maximum Gasteiger partial charge on any atom is 0.411 e. The molecule has 10 nitrogen and oxygen atoms in total. The molecule has 1 aliphatic carbocycles. The lowest BCUT2D eigenvalue weighted by Gasteiger charge is -2.30. The van der Waals surface area contributed by atoms with E-state index < -0.39 is 15.9 Å². The van der Waals surface area contributed by atoms with Crippen LogP contribution in [-0.4, -0.2) is 45.7 Å². The van der Waals surface area contributed by atoms with Gasteiger partial charge in [-0.15, -0.1) is 10.2 Å². The fourth-order valence-electron chi connectivity index (χ4n) is 4.78. The third-order valence-electron chi connectivity index (χ3n) is 6.96. The zero-order chi connectivity index (χ0) is 27.0. The molecule has 0 saturated heterocycles. The second-order valence-corrected chi connectivity index (χ2v) is 12.1. The van der Waals surface area contributed by atoms with Crippen LogP contribution in [0.2, 0.25) is 0 Å². The van der Waals surface area contributed by atoms with Crippen LogP contribution in [0.25, 0.3) is 22.2 Å². The van der Waals surface area contributed by atoms with Gasteiger partial charge in [-0.05, 0) is 63.4 Å². The highest BCUT2D eigenvalue weighted by atomic mass is 32.2. The zero-order valence-electron chi connectivity index (χ0n) is 21.7. The highest BCUT2D eigenvalue weighted by Gasteiger charge is 2.28. The average molecular weight is 537 g/mol. The Bertz CT molecular complexity index is 1580. The molecule has 0 aliphatic heterocycles. The summed E-state index contributed by atoms with van der Waals surface area (Å²) in [5.74, 6) is 0.556. The number of benzene rings is 2. The molecular formula is C27H32N6O4S. The van der Waals surface area contributed by atoms with Gasteiger partial charge in [0.1, 0.15) is 12.2 Å². The number of hydrogen-bond acceptors (Lipinski definition) is 7. The van der Waals surface area contributed by atoms with Crippen LogP contribution < -0.4 is 11.1 Å². The molecule has 1 amide bonds. The number of hydrogen-bond donors (Lipinski definition) is 2. The number of carbonyl (C=O) groups is 1. The number of nitrogens with two attached hydrogens (primary N) is 1. The molecule has 4 aromatic rings. The SMILES string of the molecule is CC(C)OC(=O)Nc1ccc(-c2c(N)c3ccc(S(=O)(=O)CCc4nncn4C)cc3n2C2CCC2)cc1. The third-order valence-corrected chi connectivity index (χ3v) is 8.67. The molecule has 1 aliphatic rings. The first-order chi connectivity index (χ1) is 18.1. The van der Waals surface area contributed by atoms with Crippen LogP contribution in [0.3, 0.4) is 0 Å². The maximum atomic E-state index is 13.3. The van der Waals surface area contributed by atoms with E-state index in [9.17, 15) is 13.2 Å². The van der Waals surface area contributed by atoms with Gasteiger partial charge in [0, 0.05) is 36.1 Å². The van der Waals surface area contributed by atoms with Crippen molar-refractivity contribution in [1.82, 2.24) is 19.3 Å². The smallest absolute Gasteiger partial charge is 0.411 e. The number of ether oxygens (including phenoxy) is 1. The van der Waals surface area contributed by atoms with Crippen molar-refractivity contribution in [3.63, 3.8) is 0 Å². The van der Waals surface area contributed by atoms with Crippen molar-refractivity contribution in [3.8, 4) is 11.3 Å². The van der Waals surface area contributed by atoms with E-state index in [0.717, 1.165) is 41.4 Å². The molecule has 3 N–H and O–H groups in total. The van der Waals surface area contributed by atoms with Crippen LogP contribution in [0.1, 0.15) is 45.0 Å².